The first-order valence-electron chi connectivity index (χ1n) is 7.92. The van der Waals surface area contributed by atoms with Gasteiger partial charge in [0.2, 0.25) is 5.88 Å². The zero-order chi connectivity index (χ0) is 16.8. The maximum Gasteiger partial charge on any atom is 0.234 e. The van der Waals surface area contributed by atoms with Crippen molar-refractivity contribution in [1.29, 1.82) is 0 Å². The minimum absolute atomic E-state index is 0.0783. The van der Waals surface area contributed by atoms with Crippen LogP contribution in [0, 0.1) is 0 Å². The highest BCUT2D eigenvalue weighted by Crippen LogP contribution is 2.19. The Kier molecular flexibility index (Phi) is 5.01. The Balaban J connectivity index is 1.63. The fourth-order valence-corrected chi connectivity index (χ4v) is 2.27. The largest absolute Gasteiger partial charge is 0.474 e. The molecule has 0 unspecified atom stereocenters. The van der Waals surface area contributed by atoms with E-state index in [-0.39, 0.29) is 6.10 Å². The molecule has 0 atom stereocenters. The third kappa shape index (κ3) is 4.29. The van der Waals surface area contributed by atoms with E-state index < -0.39 is 0 Å². The second-order valence-corrected chi connectivity index (χ2v) is 5.70. The summed E-state index contributed by atoms with van der Waals surface area (Å²) in [7, 11) is 0. The lowest BCUT2D eigenvalue weighted by atomic mass is 10.1. The molecule has 1 aromatic carbocycles. The van der Waals surface area contributed by atoms with Gasteiger partial charge in [0.05, 0.1) is 18.5 Å². The molecule has 0 saturated heterocycles. The van der Waals surface area contributed by atoms with Crippen LogP contribution in [0.2, 0.25) is 0 Å². The first kappa shape index (κ1) is 15.9. The van der Waals surface area contributed by atoms with Crippen LogP contribution in [0.1, 0.15) is 19.4 Å². The molecular formula is C19H20N4O. The van der Waals surface area contributed by atoms with E-state index in [0.29, 0.717) is 18.2 Å². The van der Waals surface area contributed by atoms with Crippen LogP contribution in [0.25, 0.3) is 11.1 Å². The fourth-order valence-electron chi connectivity index (χ4n) is 2.27. The quantitative estimate of drug-likeness (QED) is 0.745. The van der Waals surface area contributed by atoms with E-state index in [1.54, 1.807) is 18.6 Å². The predicted octanol–water partition coefficient (Wildman–Crippen LogP) is 3.94. The minimum atomic E-state index is 0.0783. The van der Waals surface area contributed by atoms with Crippen LogP contribution in [0.4, 0.5) is 5.82 Å². The summed E-state index contributed by atoms with van der Waals surface area (Å²) in [4.78, 5) is 12.7. The zero-order valence-corrected chi connectivity index (χ0v) is 13.8. The Hall–Kier alpha value is -2.95. The average Bonchev–Trinajstić information content (AvgIpc) is 2.61. The van der Waals surface area contributed by atoms with Crippen LogP contribution < -0.4 is 10.1 Å². The van der Waals surface area contributed by atoms with Gasteiger partial charge in [-0.2, -0.15) is 4.98 Å². The van der Waals surface area contributed by atoms with Gasteiger partial charge in [0.25, 0.3) is 0 Å². The smallest absolute Gasteiger partial charge is 0.234 e. The Morgan fingerprint density at radius 2 is 1.79 bits per heavy atom. The van der Waals surface area contributed by atoms with Gasteiger partial charge in [-0.3, -0.25) is 9.97 Å². The number of nitrogens with one attached hydrogen (secondary N) is 1. The molecule has 0 aliphatic heterocycles. The minimum Gasteiger partial charge on any atom is -0.474 e. The third-order valence-electron chi connectivity index (χ3n) is 3.39. The van der Waals surface area contributed by atoms with Gasteiger partial charge in [0, 0.05) is 18.9 Å². The lowest BCUT2D eigenvalue weighted by Crippen LogP contribution is -2.09. The molecule has 1 N–H and O–H groups in total. The zero-order valence-electron chi connectivity index (χ0n) is 13.8. The Bertz CT molecular complexity index is 773. The van der Waals surface area contributed by atoms with E-state index in [1.165, 1.54) is 5.56 Å². The van der Waals surface area contributed by atoms with Gasteiger partial charge in [-0.15, -0.1) is 0 Å². The molecule has 0 saturated carbocycles. The highest BCUT2D eigenvalue weighted by molar-refractivity contribution is 5.62. The number of hydrogen-bond acceptors (Lipinski definition) is 5. The topological polar surface area (TPSA) is 59.9 Å². The number of nitrogens with zero attached hydrogens (tertiary/aromatic N) is 3. The van der Waals surface area contributed by atoms with Crippen molar-refractivity contribution in [3.63, 3.8) is 0 Å². The lowest BCUT2D eigenvalue weighted by molar-refractivity contribution is 0.232. The number of rotatable bonds is 6. The standard InChI is InChI=1S/C19H20N4O/c1-14(2)24-19-13-21-12-18(23-19)22-10-15-5-7-16(8-6-15)17-4-3-9-20-11-17/h3-9,11-14H,10H2,1-2H3,(H,22,23). The summed E-state index contributed by atoms with van der Waals surface area (Å²) in [5.41, 5.74) is 3.43. The average molecular weight is 320 g/mol. The van der Waals surface area contributed by atoms with Crippen LogP contribution in [0.15, 0.2) is 61.2 Å². The first-order valence-corrected chi connectivity index (χ1v) is 7.92. The maximum absolute atomic E-state index is 5.55. The SMILES string of the molecule is CC(C)Oc1cncc(NCc2ccc(-c3cccnc3)cc2)n1. The van der Waals surface area contributed by atoms with E-state index in [9.17, 15) is 0 Å². The summed E-state index contributed by atoms with van der Waals surface area (Å²) in [6, 6.07) is 12.4. The van der Waals surface area contributed by atoms with Gasteiger partial charge in [0.15, 0.2) is 0 Å². The third-order valence-corrected chi connectivity index (χ3v) is 3.39. The van der Waals surface area contributed by atoms with Crippen LogP contribution >= 0.6 is 0 Å². The molecule has 0 amide bonds. The molecular weight excluding hydrogens is 300 g/mol. The summed E-state index contributed by atoms with van der Waals surface area (Å²) >= 11 is 0. The Morgan fingerprint density at radius 1 is 0.958 bits per heavy atom. The van der Waals surface area contributed by atoms with E-state index >= 15 is 0 Å². The van der Waals surface area contributed by atoms with Gasteiger partial charge in [-0.1, -0.05) is 30.3 Å². The van der Waals surface area contributed by atoms with Crippen molar-refractivity contribution in [2.24, 2.45) is 0 Å². The Labute approximate surface area is 141 Å². The second kappa shape index (κ2) is 7.55. The molecule has 122 valence electrons. The van der Waals surface area contributed by atoms with E-state index in [0.717, 1.165) is 11.1 Å². The summed E-state index contributed by atoms with van der Waals surface area (Å²) in [6.07, 6.45) is 7.03. The van der Waals surface area contributed by atoms with Crippen molar-refractivity contribution in [2.45, 2.75) is 26.5 Å². The molecule has 3 aromatic rings. The van der Waals surface area contributed by atoms with Crippen LogP contribution in [-0.4, -0.2) is 21.1 Å². The molecule has 24 heavy (non-hydrogen) atoms. The summed E-state index contributed by atoms with van der Waals surface area (Å²) in [5, 5.41) is 3.27. The molecule has 2 heterocycles. The number of aromatic nitrogens is 3. The molecule has 3 rings (SSSR count). The summed E-state index contributed by atoms with van der Waals surface area (Å²) in [6.45, 7) is 4.60. The van der Waals surface area contributed by atoms with Gasteiger partial charge < -0.3 is 10.1 Å². The van der Waals surface area contributed by atoms with Crippen LogP contribution in [0.5, 0.6) is 5.88 Å². The second-order valence-electron chi connectivity index (χ2n) is 5.70. The molecule has 5 nitrogen and oxygen atoms in total. The number of ether oxygens (including phenoxy) is 1. The molecule has 5 heteroatoms. The van der Waals surface area contributed by atoms with Crippen molar-refractivity contribution in [2.75, 3.05) is 5.32 Å². The highest BCUT2D eigenvalue weighted by Gasteiger charge is 2.03. The Morgan fingerprint density at radius 3 is 2.50 bits per heavy atom. The summed E-state index contributed by atoms with van der Waals surface area (Å²) in [5.74, 6) is 1.23. The number of benzene rings is 1. The molecule has 0 radical (unpaired) electrons. The van der Waals surface area contributed by atoms with Crippen molar-refractivity contribution in [3.8, 4) is 17.0 Å². The van der Waals surface area contributed by atoms with Gasteiger partial charge >= 0.3 is 0 Å². The molecule has 0 bridgehead atoms. The normalized spacial score (nSPS) is 10.6. The number of pyridine rings is 1. The van der Waals surface area contributed by atoms with E-state index in [1.807, 2.05) is 26.1 Å². The van der Waals surface area contributed by atoms with Crippen molar-refractivity contribution < 1.29 is 4.74 Å². The maximum atomic E-state index is 5.55. The number of anilines is 1. The fraction of sp³-hybridized carbons (Fsp3) is 0.211. The first-order chi connectivity index (χ1) is 11.7. The summed E-state index contributed by atoms with van der Waals surface area (Å²) < 4.78 is 5.55. The van der Waals surface area contributed by atoms with Crippen LogP contribution in [0.3, 0.4) is 0 Å². The lowest BCUT2D eigenvalue weighted by Gasteiger charge is -2.10. The van der Waals surface area contributed by atoms with E-state index in [2.05, 4.69) is 50.6 Å². The molecule has 0 spiro atoms. The van der Waals surface area contributed by atoms with E-state index in [4.69, 9.17) is 4.74 Å². The van der Waals surface area contributed by atoms with Crippen molar-refractivity contribution >= 4 is 5.82 Å². The molecule has 0 fully saturated rings. The highest BCUT2D eigenvalue weighted by atomic mass is 16.5. The van der Waals surface area contributed by atoms with Crippen molar-refractivity contribution in [3.05, 3.63) is 66.7 Å². The molecule has 0 aliphatic carbocycles. The molecule has 2 aromatic heterocycles. The van der Waals surface area contributed by atoms with Crippen LogP contribution in [-0.2, 0) is 6.54 Å². The monoisotopic (exact) mass is 320 g/mol. The molecule has 0 aliphatic rings. The van der Waals surface area contributed by atoms with Gasteiger partial charge in [-0.25, -0.2) is 0 Å². The van der Waals surface area contributed by atoms with Crippen molar-refractivity contribution in [1.82, 2.24) is 15.0 Å². The van der Waals surface area contributed by atoms with Gasteiger partial charge in [-0.05, 0) is 36.6 Å². The predicted molar refractivity (Wildman–Crippen MR) is 94.8 cm³/mol. The number of hydrogen-bond donors (Lipinski definition) is 1. The van der Waals surface area contributed by atoms with Gasteiger partial charge in [0.1, 0.15) is 5.82 Å².